The molecule has 0 radical (unpaired) electrons. The topological polar surface area (TPSA) is 51.2 Å². The molecule has 3 rings (SSSR count). The van der Waals surface area contributed by atoms with Crippen LogP contribution in [0.5, 0.6) is 5.75 Å². The first kappa shape index (κ1) is 22.9. The van der Waals surface area contributed by atoms with Crippen molar-refractivity contribution in [2.75, 3.05) is 46.5 Å². The fourth-order valence-corrected chi connectivity index (χ4v) is 3.97. The maximum Gasteiger partial charge on any atom is 0.415 e. The van der Waals surface area contributed by atoms with Crippen molar-refractivity contribution >= 4 is 6.09 Å². The van der Waals surface area contributed by atoms with Crippen LogP contribution in [0, 0.1) is 11.6 Å². The van der Waals surface area contributed by atoms with Gasteiger partial charge in [0.25, 0.3) is 0 Å². The monoisotopic (exact) mass is 426 g/mol. The van der Waals surface area contributed by atoms with E-state index < -0.39 is 17.7 Å². The largest absolute Gasteiger partial charge is 0.415 e. The molecule has 0 spiro atoms. The van der Waals surface area contributed by atoms with Gasteiger partial charge in [-0.3, -0.25) is 4.90 Å². The first-order valence-electron chi connectivity index (χ1n) is 10.8. The summed E-state index contributed by atoms with van der Waals surface area (Å²) in [5.74, 6) is -2.01. The number of ether oxygens (including phenoxy) is 3. The molecule has 0 bridgehead atoms. The number of carbonyl (C=O) groups is 1. The second kappa shape index (κ2) is 11.6. The summed E-state index contributed by atoms with van der Waals surface area (Å²) in [6, 6.07) is 3.13. The highest BCUT2D eigenvalue weighted by Crippen LogP contribution is 2.26. The van der Waals surface area contributed by atoms with Crippen LogP contribution in [0.25, 0.3) is 0 Å². The summed E-state index contributed by atoms with van der Waals surface area (Å²) in [5, 5.41) is 0. The van der Waals surface area contributed by atoms with Gasteiger partial charge in [0.05, 0.1) is 19.3 Å². The van der Waals surface area contributed by atoms with Gasteiger partial charge in [-0.2, -0.15) is 0 Å². The summed E-state index contributed by atoms with van der Waals surface area (Å²) in [7, 11) is 1.68. The van der Waals surface area contributed by atoms with Gasteiger partial charge < -0.3 is 19.1 Å². The van der Waals surface area contributed by atoms with Crippen molar-refractivity contribution in [3.63, 3.8) is 0 Å². The molecule has 1 amide bonds. The van der Waals surface area contributed by atoms with Crippen LogP contribution in [0.1, 0.15) is 38.5 Å². The van der Waals surface area contributed by atoms with Crippen LogP contribution >= 0.6 is 0 Å². The van der Waals surface area contributed by atoms with Crippen molar-refractivity contribution in [2.45, 2.75) is 50.7 Å². The minimum absolute atomic E-state index is 0.000140. The SMILES string of the molecule is CN(C(=O)Oc1ccc(F)c(F)c1)[C@H]1CC[C@H](OCCCCN2CCOCC2)CC1. The fourth-order valence-electron chi connectivity index (χ4n) is 3.97. The van der Waals surface area contributed by atoms with E-state index in [0.29, 0.717) is 0 Å². The van der Waals surface area contributed by atoms with Gasteiger partial charge in [-0.05, 0) is 57.2 Å². The Hall–Kier alpha value is -1.77. The predicted molar refractivity (Wildman–Crippen MR) is 109 cm³/mol. The number of rotatable bonds is 8. The van der Waals surface area contributed by atoms with Crippen molar-refractivity contribution in [1.29, 1.82) is 0 Å². The average molecular weight is 427 g/mol. The lowest BCUT2D eigenvalue weighted by Gasteiger charge is -2.34. The summed E-state index contributed by atoms with van der Waals surface area (Å²) >= 11 is 0. The summed E-state index contributed by atoms with van der Waals surface area (Å²) < 4.78 is 42.8. The summed E-state index contributed by atoms with van der Waals surface area (Å²) in [5.41, 5.74) is 0. The molecule has 1 aromatic rings. The number of unbranched alkanes of at least 4 members (excludes halogenated alkanes) is 1. The number of nitrogens with zero attached hydrogens (tertiary/aromatic N) is 2. The van der Waals surface area contributed by atoms with Crippen molar-refractivity contribution in [3.8, 4) is 5.75 Å². The lowest BCUT2D eigenvalue weighted by Crippen LogP contribution is -2.42. The quantitative estimate of drug-likeness (QED) is 0.592. The molecular weight excluding hydrogens is 394 g/mol. The number of carbonyl (C=O) groups excluding carboxylic acids is 1. The molecule has 1 aliphatic heterocycles. The van der Waals surface area contributed by atoms with Gasteiger partial charge in [0.1, 0.15) is 5.75 Å². The van der Waals surface area contributed by atoms with E-state index in [1.807, 2.05) is 0 Å². The Balaban J connectivity index is 1.30. The Bertz CT molecular complexity index is 677. The van der Waals surface area contributed by atoms with Gasteiger partial charge in [0.15, 0.2) is 11.6 Å². The molecule has 0 aromatic heterocycles. The zero-order valence-electron chi connectivity index (χ0n) is 17.7. The lowest BCUT2D eigenvalue weighted by molar-refractivity contribution is 0.00731. The van der Waals surface area contributed by atoms with E-state index in [1.54, 1.807) is 11.9 Å². The van der Waals surface area contributed by atoms with E-state index >= 15 is 0 Å². The van der Waals surface area contributed by atoms with Crippen LogP contribution in [0.4, 0.5) is 13.6 Å². The number of morpholine rings is 1. The molecule has 2 aliphatic rings. The highest BCUT2D eigenvalue weighted by molar-refractivity contribution is 5.70. The second-order valence-corrected chi connectivity index (χ2v) is 8.02. The highest BCUT2D eigenvalue weighted by Gasteiger charge is 2.28. The Morgan fingerprint density at radius 2 is 1.87 bits per heavy atom. The molecule has 0 unspecified atom stereocenters. The molecule has 0 N–H and O–H groups in total. The van der Waals surface area contributed by atoms with Gasteiger partial charge in [-0.15, -0.1) is 0 Å². The van der Waals surface area contributed by atoms with Gasteiger partial charge in [-0.25, -0.2) is 13.6 Å². The maximum absolute atomic E-state index is 13.3. The van der Waals surface area contributed by atoms with E-state index in [1.165, 1.54) is 6.07 Å². The van der Waals surface area contributed by atoms with Crippen LogP contribution in [0.15, 0.2) is 18.2 Å². The van der Waals surface area contributed by atoms with Gasteiger partial charge >= 0.3 is 6.09 Å². The molecule has 1 heterocycles. The van der Waals surface area contributed by atoms with Crippen molar-refractivity contribution < 1.29 is 27.8 Å². The van der Waals surface area contributed by atoms with E-state index in [9.17, 15) is 13.6 Å². The number of halogens is 2. The number of amides is 1. The van der Waals surface area contributed by atoms with Crippen molar-refractivity contribution in [1.82, 2.24) is 9.80 Å². The smallest absolute Gasteiger partial charge is 0.410 e. The second-order valence-electron chi connectivity index (χ2n) is 8.02. The minimum atomic E-state index is -1.04. The molecule has 1 aromatic carbocycles. The van der Waals surface area contributed by atoms with Crippen LogP contribution in [-0.4, -0.2) is 74.5 Å². The van der Waals surface area contributed by atoms with Crippen LogP contribution in [-0.2, 0) is 9.47 Å². The first-order chi connectivity index (χ1) is 14.5. The highest BCUT2D eigenvalue weighted by atomic mass is 19.2. The summed E-state index contributed by atoms with van der Waals surface area (Å²) in [4.78, 5) is 16.3. The molecule has 8 heteroatoms. The zero-order chi connectivity index (χ0) is 21.3. The normalized spacial score (nSPS) is 22.6. The number of benzene rings is 1. The van der Waals surface area contributed by atoms with E-state index in [4.69, 9.17) is 14.2 Å². The van der Waals surface area contributed by atoms with Gasteiger partial charge in [-0.1, -0.05) is 0 Å². The molecular formula is C22H32F2N2O4. The maximum atomic E-state index is 13.3. The molecule has 168 valence electrons. The zero-order valence-corrected chi connectivity index (χ0v) is 17.7. The van der Waals surface area contributed by atoms with Crippen molar-refractivity contribution in [3.05, 3.63) is 29.8 Å². The molecule has 6 nitrogen and oxygen atoms in total. The van der Waals surface area contributed by atoms with Crippen molar-refractivity contribution in [2.24, 2.45) is 0 Å². The van der Waals surface area contributed by atoms with Crippen LogP contribution < -0.4 is 4.74 Å². The third-order valence-corrected chi connectivity index (χ3v) is 5.90. The fraction of sp³-hybridized carbons (Fsp3) is 0.682. The molecule has 1 aliphatic carbocycles. The average Bonchev–Trinajstić information content (AvgIpc) is 2.77. The molecule has 2 fully saturated rings. The van der Waals surface area contributed by atoms with E-state index in [2.05, 4.69) is 4.90 Å². The number of hydrogen-bond acceptors (Lipinski definition) is 5. The molecule has 0 atom stereocenters. The molecule has 30 heavy (non-hydrogen) atoms. The van der Waals surface area contributed by atoms with E-state index in [-0.39, 0.29) is 17.9 Å². The van der Waals surface area contributed by atoms with E-state index in [0.717, 1.165) is 90.1 Å². The predicted octanol–water partition coefficient (Wildman–Crippen LogP) is 3.84. The first-order valence-corrected chi connectivity index (χ1v) is 10.8. The summed E-state index contributed by atoms with van der Waals surface area (Å²) in [6.45, 7) is 5.59. The number of hydrogen-bond donors (Lipinski definition) is 0. The molecule has 1 saturated heterocycles. The standard InChI is InChI=1S/C22H32F2N2O4/c1-25(22(27)30-19-8-9-20(23)21(24)16-19)17-4-6-18(7-5-17)29-13-3-2-10-26-11-14-28-15-12-26/h8-9,16-18H,2-7,10-15H2,1H3/t17-,18-. The Morgan fingerprint density at radius 3 is 2.57 bits per heavy atom. The molecule has 1 saturated carbocycles. The van der Waals surface area contributed by atoms with Crippen LogP contribution in [0.2, 0.25) is 0 Å². The Labute approximate surface area is 177 Å². The summed E-state index contributed by atoms with van der Waals surface area (Å²) in [6.07, 6.45) is 5.33. The minimum Gasteiger partial charge on any atom is -0.410 e. The third kappa shape index (κ3) is 6.89. The van der Waals surface area contributed by atoms with Gasteiger partial charge in [0, 0.05) is 38.9 Å². The lowest BCUT2D eigenvalue weighted by atomic mass is 9.92. The third-order valence-electron chi connectivity index (χ3n) is 5.90. The van der Waals surface area contributed by atoms with Gasteiger partial charge in [0.2, 0.25) is 0 Å². The Kier molecular flexibility index (Phi) is 8.84. The van der Waals surface area contributed by atoms with Crippen LogP contribution in [0.3, 0.4) is 0 Å². The Morgan fingerprint density at radius 1 is 1.13 bits per heavy atom.